The molecule has 4 N–H and O–H groups in total. The van der Waals surface area contributed by atoms with E-state index in [4.69, 9.17) is 27.2 Å². The number of aromatic hydroxyl groups is 1. The van der Waals surface area contributed by atoms with Crippen molar-refractivity contribution >= 4 is 23.3 Å². The van der Waals surface area contributed by atoms with E-state index in [9.17, 15) is 9.90 Å². The molecular formula is C8H8ClNO4. The van der Waals surface area contributed by atoms with E-state index in [0.717, 1.165) is 6.07 Å². The van der Waals surface area contributed by atoms with Gasteiger partial charge in [-0.1, -0.05) is 11.6 Å². The first-order valence-corrected chi connectivity index (χ1v) is 3.95. The zero-order chi connectivity index (χ0) is 10.9. The molecule has 6 heteroatoms. The van der Waals surface area contributed by atoms with Crippen LogP contribution in [0.3, 0.4) is 0 Å². The Hall–Kier alpha value is -1.62. The quantitative estimate of drug-likeness (QED) is 0.513. The second-order valence-electron chi connectivity index (χ2n) is 2.51. The van der Waals surface area contributed by atoms with Gasteiger partial charge >= 0.3 is 5.97 Å². The summed E-state index contributed by atoms with van der Waals surface area (Å²) in [6.07, 6.45) is 0. The summed E-state index contributed by atoms with van der Waals surface area (Å²) in [5.74, 6) is -1.62. The second-order valence-corrected chi connectivity index (χ2v) is 2.89. The molecule has 0 bridgehead atoms. The van der Waals surface area contributed by atoms with Crippen molar-refractivity contribution in [1.82, 2.24) is 0 Å². The topological polar surface area (TPSA) is 92.8 Å². The molecule has 0 aliphatic heterocycles. The highest BCUT2D eigenvalue weighted by Gasteiger charge is 2.18. The molecule has 0 heterocycles. The molecule has 0 fully saturated rings. The molecule has 0 atom stereocenters. The number of hydrogen-bond acceptors (Lipinski definition) is 4. The summed E-state index contributed by atoms with van der Waals surface area (Å²) in [5.41, 5.74) is 4.96. The zero-order valence-corrected chi connectivity index (χ0v) is 8.00. The smallest absolute Gasteiger partial charge is 0.337 e. The highest BCUT2D eigenvalue weighted by molar-refractivity contribution is 6.36. The van der Waals surface area contributed by atoms with Crippen LogP contribution in [0.15, 0.2) is 6.07 Å². The van der Waals surface area contributed by atoms with E-state index in [1.54, 1.807) is 0 Å². The Balaban J connectivity index is 3.48. The summed E-state index contributed by atoms with van der Waals surface area (Å²) >= 11 is 5.60. The van der Waals surface area contributed by atoms with Crippen molar-refractivity contribution in [2.24, 2.45) is 0 Å². The molecule has 1 aromatic carbocycles. The fourth-order valence-corrected chi connectivity index (χ4v) is 1.18. The number of hydrogen-bond donors (Lipinski definition) is 3. The molecule has 76 valence electrons. The van der Waals surface area contributed by atoms with E-state index in [1.165, 1.54) is 7.11 Å². The molecule has 14 heavy (non-hydrogen) atoms. The van der Waals surface area contributed by atoms with Crippen LogP contribution in [0.25, 0.3) is 0 Å². The van der Waals surface area contributed by atoms with Crippen LogP contribution in [-0.2, 0) is 0 Å². The van der Waals surface area contributed by atoms with Crippen molar-refractivity contribution in [3.05, 3.63) is 16.7 Å². The van der Waals surface area contributed by atoms with Gasteiger partial charge in [-0.05, 0) is 0 Å². The number of carbonyl (C=O) groups is 1. The SMILES string of the molecule is COc1cc(C(=O)O)c(Cl)c(N)c1O. The largest absolute Gasteiger partial charge is 0.503 e. The first kappa shape index (κ1) is 10.5. The number of nitrogens with two attached hydrogens (primary N) is 1. The Bertz CT molecular complexity index is 391. The molecule has 0 aromatic heterocycles. The van der Waals surface area contributed by atoms with Gasteiger partial charge in [-0.2, -0.15) is 0 Å². The van der Waals surface area contributed by atoms with Gasteiger partial charge in [-0.15, -0.1) is 0 Å². The normalized spacial score (nSPS) is 9.86. The van der Waals surface area contributed by atoms with Crippen molar-refractivity contribution in [3.63, 3.8) is 0 Å². The molecule has 1 aromatic rings. The average molecular weight is 218 g/mol. The minimum atomic E-state index is -1.24. The maximum atomic E-state index is 10.7. The summed E-state index contributed by atoms with van der Waals surface area (Å²) in [6, 6.07) is 1.11. The minimum Gasteiger partial charge on any atom is -0.503 e. The molecular weight excluding hydrogens is 210 g/mol. The van der Waals surface area contributed by atoms with Crippen LogP contribution in [-0.4, -0.2) is 23.3 Å². The molecule has 0 aliphatic rings. The molecule has 0 saturated carbocycles. The van der Waals surface area contributed by atoms with E-state index >= 15 is 0 Å². The van der Waals surface area contributed by atoms with Crippen molar-refractivity contribution in [1.29, 1.82) is 0 Å². The highest BCUT2D eigenvalue weighted by atomic mass is 35.5. The number of phenols is 1. The Morgan fingerprint density at radius 1 is 1.64 bits per heavy atom. The number of halogens is 1. The number of ether oxygens (including phenoxy) is 1. The number of nitrogen functional groups attached to an aromatic ring is 1. The van der Waals surface area contributed by atoms with Crippen LogP contribution in [0.2, 0.25) is 5.02 Å². The van der Waals surface area contributed by atoms with Crippen LogP contribution in [0.1, 0.15) is 10.4 Å². The minimum absolute atomic E-state index is 0.0238. The van der Waals surface area contributed by atoms with Gasteiger partial charge in [0, 0.05) is 6.07 Å². The van der Waals surface area contributed by atoms with E-state index in [-0.39, 0.29) is 27.8 Å². The van der Waals surface area contributed by atoms with E-state index in [2.05, 4.69) is 0 Å². The Morgan fingerprint density at radius 2 is 2.21 bits per heavy atom. The number of anilines is 1. The van der Waals surface area contributed by atoms with Crippen LogP contribution in [0.4, 0.5) is 5.69 Å². The molecule has 1 rings (SSSR count). The predicted molar refractivity (Wildman–Crippen MR) is 51.0 cm³/mol. The Kier molecular flexibility index (Phi) is 2.71. The lowest BCUT2D eigenvalue weighted by molar-refractivity contribution is 0.0696. The van der Waals surface area contributed by atoms with Gasteiger partial charge in [0.25, 0.3) is 0 Å². The number of rotatable bonds is 2. The maximum absolute atomic E-state index is 10.7. The lowest BCUT2D eigenvalue weighted by Crippen LogP contribution is -2.02. The van der Waals surface area contributed by atoms with Crippen molar-refractivity contribution in [2.45, 2.75) is 0 Å². The van der Waals surface area contributed by atoms with Gasteiger partial charge in [-0.3, -0.25) is 0 Å². The third-order valence-corrected chi connectivity index (χ3v) is 2.09. The van der Waals surface area contributed by atoms with Gasteiger partial charge in [0.15, 0.2) is 11.5 Å². The van der Waals surface area contributed by atoms with Crippen molar-refractivity contribution in [2.75, 3.05) is 12.8 Å². The second kappa shape index (κ2) is 3.63. The summed E-state index contributed by atoms with van der Waals surface area (Å²) in [7, 11) is 1.29. The molecule has 0 unspecified atom stereocenters. The fraction of sp³-hybridized carbons (Fsp3) is 0.125. The number of carboxylic acid groups (broad SMARTS) is 1. The first-order valence-electron chi connectivity index (χ1n) is 3.57. The van der Waals surface area contributed by atoms with E-state index in [1.807, 2.05) is 0 Å². The third kappa shape index (κ3) is 1.54. The molecule has 0 radical (unpaired) electrons. The number of methoxy groups -OCH3 is 1. The summed E-state index contributed by atoms with van der Waals surface area (Å²) in [5, 5.41) is 17.9. The number of benzene rings is 1. The third-order valence-electron chi connectivity index (χ3n) is 1.69. The van der Waals surface area contributed by atoms with Crippen LogP contribution in [0.5, 0.6) is 11.5 Å². The monoisotopic (exact) mass is 217 g/mol. The summed E-state index contributed by atoms with van der Waals surface area (Å²) < 4.78 is 4.72. The summed E-state index contributed by atoms with van der Waals surface area (Å²) in [6.45, 7) is 0. The lowest BCUT2D eigenvalue weighted by Gasteiger charge is -2.09. The number of aromatic carboxylic acids is 1. The van der Waals surface area contributed by atoms with Gasteiger partial charge in [0.2, 0.25) is 0 Å². The zero-order valence-electron chi connectivity index (χ0n) is 7.24. The van der Waals surface area contributed by atoms with Crippen molar-refractivity contribution in [3.8, 4) is 11.5 Å². The Morgan fingerprint density at radius 3 is 2.64 bits per heavy atom. The molecule has 0 spiro atoms. The fourth-order valence-electron chi connectivity index (χ4n) is 0.956. The molecule has 0 amide bonds. The van der Waals surface area contributed by atoms with Gasteiger partial charge in [0.05, 0.1) is 23.4 Å². The molecule has 0 aliphatic carbocycles. The number of phenolic OH excluding ortho intramolecular Hbond substituents is 1. The van der Waals surface area contributed by atoms with Crippen LogP contribution in [0, 0.1) is 0 Å². The first-order chi connectivity index (χ1) is 6.49. The Labute approximate surface area is 84.7 Å². The predicted octanol–water partition coefficient (Wildman–Crippen LogP) is 1.33. The summed E-state index contributed by atoms with van der Waals surface area (Å²) in [4.78, 5) is 10.7. The van der Waals surface area contributed by atoms with E-state index < -0.39 is 5.97 Å². The standard InChI is InChI=1S/C8H8ClNO4/c1-14-4-2-3(8(12)13)5(9)6(10)7(4)11/h2,11H,10H2,1H3,(H,12,13). The van der Waals surface area contributed by atoms with E-state index in [0.29, 0.717) is 0 Å². The van der Waals surface area contributed by atoms with Gasteiger partial charge < -0.3 is 20.7 Å². The molecule has 0 saturated heterocycles. The maximum Gasteiger partial charge on any atom is 0.337 e. The van der Waals surface area contributed by atoms with Gasteiger partial charge in [-0.25, -0.2) is 4.79 Å². The average Bonchev–Trinajstić information content (AvgIpc) is 2.14. The van der Waals surface area contributed by atoms with Gasteiger partial charge in [0.1, 0.15) is 0 Å². The number of carboxylic acids is 1. The highest BCUT2D eigenvalue weighted by Crippen LogP contribution is 2.39. The molecule has 5 nitrogen and oxygen atoms in total. The van der Waals surface area contributed by atoms with Crippen LogP contribution >= 0.6 is 11.6 Å². The van der Waals surface area contributed by atoms with Crippen LogP contribution < -0.4 is 10.5 Å². The lowest BCUT2D eigenvalue weighted by atomic mass is 10.1. The van der Waals surface area contributed by atoms with Crippen molar-refractivity contribution < 1.29 is 19.7 Å².